The number of hydrogen-bond donors (Lipinski definition) is 1. The van der Waals surface area contributed by atoms with Gasteiger partial charge in [0, 0.05) is 6.20 Å². The monoisotopic (exact) mass is 299 g/mol. The minimum absolute atomic E-state index is 0.0856. The molecule has 1 heterocycles. The highest BCUT2D eigenvalue weighted by molar-refractivity contribution is 5.95. The number of nitrogens with one attached hydrogen (secondary N) is 1. The Morgan fingerprint density at radius 1 is 1.36 bits per heavy atom. The van der Waals surface area contributed by atoms with E-state index in [-0.39, 0.29) is 17.8 Å². The smallest absolute Gasteiger partial charge is 0.255 e. The summed E-state index contributed by atoms with van der Waals surface area (Å²) in [5.41, 5.74) is 3.14. The van der Waals surface area contributed by atoms with Gasteiger partial charge in [-0.05, 0) is 56.4 Å². The lowest BCUT2D eigenvalue weighted by Crippen LogP contribution is -2.31. The summed E-state index contributed by atoms with van der Waals surface area (Å²) in [5, 5.41) is 3.03. The summed E-state index contributed by atoms with van der Waals surface area (Å²) in [6, 6.07) is 4.70. The third-order valence-corrected chi connectivity index (χ3v) is 4.07. The Bertz CT molecular complexity index is 730. The summed E-state index contributed by atoms with van der Waals surface area (Å²) in [4.78, 5) is 20.8. The summed E-state index contributed by atoms with van der Waals surface area (Å²) in [6.45, 7) is 3.59. The van der Waals surface area contributed by atoms with Crippen molar-refractivity contribution in [2.45, 2.75) is 39.2 Å². The van der Waals surface area contributed by atoms with E-state index in [9.17, 15) is 9.18 Å². The van der Waals surface area contributed by atoms with E-state index in [4.69, 9.17) is 0 Å². The summed E-state index contributed by atoms with van der Waals surface area (Å²) in [7, 11) is 0. The topological polar surface area (TPSA) is 54.9 Å². The van der Waals surface area contributed by atoms with Gasteiger partial charge in [-0.15, -0.1) is 0 Å². The minimum Gasteiger partial charge on any atom is -0.345 e. The lowest BCUT2D eigenvalue weighted by molar-refractivity contribution is 0.0931. The molecule has 22 heavy (non-hydrogen) atoms. The number of nitrogens with zero attached hydrogens (tertiary/aromatic N) is 2. The molecule has 0 saturated carbocycles. The molecule has 4 nitrogen and oxygen atoms in total. The van der Waals surface area contributed by atoms with E-state index < -0.39 is 0 Å². The maximum atomic E-state index is 13.3. The second kappa shape index (κ2) is 5.83. The fraction of sp³-hybridized carbons (Fsp3) is 0.353. The van der Waals surface area contributed by atoms with Crippen molar-refractivity contribution in [2.75, 3.05) is 0 Å². The standard InChI is InChI=1S/C17H18FN3O/c1-10-15(9-19-11(2)20-10)17(22)21-16-5-3-4-12-8-13(18)6-7-14(12)16/h6-9,16H,3-5H2,1-2H3,(H,21,22). The Morgan fingerprint density at radius 3 is 2.95 bits per heavy atom. The van der Waals surface area contributed by atoms with Gasteiger partial charge in [-0.2, -0.15) is 0 Å². The zero-order valence-corrected chi connectivity index (χ0v) is 12.7. The number of carbonyl (C=O) groups is 1. The normalized spacial score (nSPS) is 17.0. The SMILES string of the molecule is Cc1ncc(C(=O)NC2CCCc3cc(F)ccc32)c(C)n1. The van der Waals surface area contributed by atoms with E-state index in [1.807, 2.05) is 0 Å². The van der Waals surface area contributed by atoms with Crippen LogP contribution in [-0.4, -0.2) is 15.9 Å². The van der Waals surface area contributed by atoms with Crippen molar-refractivity contribution >= 4 is 5.91 Å². The Hall–Kier alpha value is -2.30. The Labute approximate surface area is 128 Å². The van der Waals surface area contributed by atoms with Crippen LogP contribution in [-0.2, 0) is 6.42 Å². The molecule has 1 aliphatic rings. The molecule has 0 bridgehead atoms. The lowest BCUT2D eigenvalue weighted by atomic mass is 9.87. The molecule has 1 aromatic heterocycles. The Morgan fingerprint density at radius 2 is 2.18 bits per heavy atom. The highest BCUT2D eigenvalue weighted by Crippen LogP contribution is 2.30. The average Bonchev–Trinajstić information content (AvgIpc) is 2.47. The first-order chi connectivity index (χ1) is 10.5. The van der Waals surface area contributed by atoms with Crippen LogP contribution in [0, 0.1) is 19.7 Å². The number of halogens is 1. The van der Waals surface area contributed by atoms with E-state index >= 15 is 0 Å². The van der Waals surface area contributed by atoms with Crippen LogP contribution in [0.2, 0.25) is 0 Å². The molecule has 1 unspecified atom stereocenters. The molecule has 5 heteroatoms. The number of rotatable bonds is 2. The molecule has 1 aliphatic carbocycles. The van der Waals surface area contributed by atoms with Crippen LogP contribution in [0.1, 0.15) is 51.9 Å². The van der Waals surface area contributed by atoms with Gasteiger partial charge in [-0.25, -0.2) is 14.4 Å². The van der Waals surface area contributed by atoms with Gasteiger partial charge in [0.25, 0.3) is 5.91 Å². The summed E-state index contributed by atoms with van der Waals surface area (Å²) in [5.74, 6) is 0.237. The highest BCUT2D eigenvalue weighted by Gasteiger charge is 2.23. The van der Waals surface area contributed by atoms with Gasteiger partial charge in [0.15, 0.2) is 0 Å². The Kier molecular flexibility index (Phi) is 3.88. The van der Waals surface area contributed by atoms with E-state index in [0.717, 1.165) is 30.4 Å². The zero-order chi connectivity index (χ0) is 15.7. The predicted octanol–water partition coefficient (Wildman–Crippen LogP) is 3.04. The third-order valence-electron chi connectivity index (χ3n) is 4.07. The molecule has 114 valence electrons. The van der Waals surface area contributed by atoms with Crippen molar-refractivity contribution in [1.82, 2.24) is 15.3 Å². The summed E-state index contributed by atoms with van der Waals surface area (Å²) >= 11 is 0. The number of amides is 1. The second-order valence-corrected chi connectivity index (χ2v) is 5.68. The Balaban J connectivity index is 1.84. The van der Waals surface area contributed by atoms with Gasteiger partial charge in [0.05, 0.1) is 17.3 Å². The van der Waals surface area contributed by atoms with Crippen molar-refractivity contribution < 1.29 is 9.18 Å². The van der Waals surface area contributed by atoms with Crippen LogP contribution in [0.5, 0.6) is 0 Å². The van der Waals surface area contributed by atoms with Crippen molar-refractivity contribution in [2.24, 2.45) is 0 Å². The van der Waals surface area contributed by atoms with Gasteiger partial charge in [0.2, 0.25) is 0 Å². The molecule has 0 aliphatic heterocycles. The van der Waals surface area contributed by atoms with E-state index in [1.54, 1.807) is 32.2 Å². The van der Waals surface area contributed by atoms with Crippen LogP contribution < -0.4 is 5.32 Å². The number of benzene rings is 1. The molecule has 1 aromatic carbocycles. The predicted molar refractivity (Wildman–Crippen MR) is 81.1 cm³/mol. The fourth-order valence-electron chi connectivity index (χ4n) is 2.97. The van der Waals surface area contributed by atoms with Crippen LogP contribution in [0.15, 0.2) is 24.4 Å². The first kappa shape index (κ1) is 14.6. The molecule has 0 saturated heterocycles. The number of carbonyl (C=O) groups excluding carboxylic acids is 1. The molecule has 1 amide bonds. The van der Waals surface area contributed by atoms with E-state index in [1.165, 1.54) is 6.07 Å². The van der Waals surface area contributed by atoms with Crippen LogP contribution in [0.4, 0.5) is 4.39 Å². The van der Waals surface area contributed by atoms with Gasteiger partial charge >= 0.3 is 0 Å². The molecule has 0 fully saturated rings. The van der Waals surface area contributed by atoms with Gasteiger partial charge in [-0.3, -0.25) is 4.79 Å². The second-order valence-electron chi connectivity index (χ2n) is 5.68. The van der Waals surface area contributed by atoms with Gasteiger partial charge in [-0.1, -0.05) is 6.07 Å². The van der Waals surface area contributed by atoms with Crippen molar-refractivity contribution in [1.29, 1.82) is 0 Å². The first-order valence-electron chi connectivity index (χ1n) is 7.44. The van der Waals surface area contributed by atoms with Crippen LogP contribution in [0.3, 0.4) is 0 Å². The molecule has 1 N–H and O–H groups in total. The zero-order valence-electron chi connectivity index (χ0n) is 12.7. The number of fused-ring (bicyclic) bond motifs is 1. The van der Waals surface area contributed by atoms with Gasteiger partial charge < -0.3 is 5.32 Å². The number of hydrogen-bond acceptors (Lipinski definition) is 3. The molecular formula is C17H18FN3O. The lowest BCUT2D eigenvalue weighted by Gasteiger charge is -2.26. The average molecular weight is 299 g/mol. The quantitative estimate of drug-likeness (QED) is 0.927. The molecule has 1 atom stereocenters. The van der Waals surface area contributed by atoms with Crippen molar-refractivity contribution in [3.63, 3.8) is 0 Å². The largest absolute Gasteiger partial charge is 0.345 e. The maximum absolute atomic E-state index is 13.3. The van der Waals surface area contributed by atoms with Crippen LogP contribution >= 0.6 is 0 Å². The number of aromatic nitrogens is 2. The third kappa shape index (κ3) is 2.84. The van der Waals surface area contributed by atoms with Crippen molar-refractivity contribution in [3.05, 3.63) is 58.4 Å². The molecule has 3 rings (SSSR count). The molecular weight excluding hydrogens is 281 g/mol. The summed E-state index contributed by atoms with van der Waals surface area (Å²) < 4.78 is 13.3. The summed E-state index contributed by atoms with van der Waals surface area (Å²) in [6.07, 6.45) is 4.20. The van der Waals surface area contributed by atoms with Crippen molar-refractivity contribution in [3.8, 4) is 0 Å². The fourth-order valence-corrected chi connectivity index (χ4v) is 2.97. The maximum Gasteiger partial charge on any atom is 0.255 e. The van der Waals surface area contributed by atoms with Crippen LogP contribution in [0.25, 0.3) is 0 Å². The first-order valence-corrected chi connectivity index (χ1v) is 7.44. The molecule has 0 radical (unpaired) electrons. The minimum atomic E-state index is -0.228. The van der Waals surface area contributed by atoms with Gasteiger partial charge in [0.1, 0.15) is 11.6 Å². The number of aryl methyl sites for hydroxylation is 3. The molecule has 2 aromatic rings. The van der Waals surface area contributed by atoms with E-state index in [0.29, 0.717) is 17.1 Å². The van der Waals surface area contributed by atoms with E-state index in [2.05, 4.69) is 15.3 Å². The molecule has 0 spiro atoms. The highest BCUT2D eigenvalue weighted by atomic mass is 19.1.